The Bertz CT molecular complexity index is 556. The number of hydrogen-bond acceptors (Lipinski definition) is 5. The second-order valence-corrected chi connectivity index (χ2v) is 3.26. The summed E-state index contributed by atoms with van der Waals surface area (Å²) in [6.07, 6.45) is 1.15. The average Bonchev–Trinajstić information content (AvgIpc) is 2.70. The zero-order valence-electron chi connectivity index (χ0n) is 8.07. The third kappa shape index (κ3) is 1.54. The Morgan fingerprint density at radius 2 is 2.44 bits per heavy atom. The van der Waals surface area contributed by atoms with Crippen molar-refractivity contribution in [2.75, 3.05) is 12.4 Å². The van der Waals surface area contributed by atoms with Gasteiger partial charge in [0.2, 0.25) is 0 Å². The summed E-state index contributed by atoms with van der Waals surface area (Å²) < 4.78 is 12.9. The van der Waals surface area contributed by atoms with Crippen molar-refractivity contribution in [3.05, 3.63) is 23.1 Å². The Morgan fingerprint density at radius 1 is 1.69 bits per heavy atom. The summed E-state index contributed by atoms with van der Waals surface area (Å²) in [6.45, 7) is 0. The van der Waals surface area contributed by atoms with Gasteiger partial charge in [-0.05, 0) is 0 Å². The number of aromatic nitrogens is 3. The van der Waals surface area contributed by atoms with Crippen molar-refractivity contribution in [1.29, 1.82) is 0 Å². The summed E-state index contributed by atoms with van der Waals surface area (Å²) >= 11 is 5.73. The lowest BCUT2D eigenvalue weighted by Crippen LogP contribution is -2.07. The standard InChI is InChI=1S/C8H6ClFN4O2/c1-11-4-2-6(9)13-14-5(8(15)16-10)3-12-7(4)14/h2-3,11H,1H3. The van der Waals surface area contributed by atoms with Gasteiger partial charge in [-0.1, -0.05) is 11.6 Å². The van der Waals surface area contributed by atoms with E-state index in [-0.39, 0.29) is 10.8 Å². The van der Waals surface area contributed by atoms with Gasteiger partial charge in [0.15, 0.2) is 16.5 Å². The van der Waals surface area contributed by atoms with Gasteiger partial charge >= 0.3 is 5.97 Å². The van der Waals surface area contributed by atoms with E-state index in [9.17, 15) is 9.32 Å². The number of nitrogens with one attached hydrogen (secondary N) is 1. The zero-order chi connectivity index (χ0) is 11.7. The lowest BCUT2D eigenvalue weighted by atomic mass is 10.4. The molecule has 0 saturated heterocycles. The normalized spacial score (nSPS) is 10.4. The van der Waals surface area contributed by atoms with Crippen LogP contribution < -0.4 is 5.32 Å². The number of carbonyl (C=O) groups is 1. The van der Waals surface area contributed by atoms with Crippen LogP contribution in [0.2, 0.25) is 5.15 Å². The molecule has 2 rings (SSSR count). The second kappa shape index (κ2) is 3.93. The van der Waals surface area contributed by atoms with Crippen molar-refractivity contribution in [1.82, 2.24) is 14.6 Å². The molecule has 0 aliphatic carbocycles. The van der Waals surface area contributed by atoms with Crippen LogP contribution in [0.25, 0.3) is 5.65 Å². The molecule has 2 aromatic heterocycles. The van der Waals surface area contributed by atoms with Gasteiger partial charge in [0, 0.05) is 17.6 Å². The van der Waals surface area contributed by atoms with E-state index >= 15 is 0 Å². The molecular formula is C8H6ClFN4O2. The van der Waals surface area contributed by atoms with Crippen molar-refractivity contribution < 1.29 is 14.3 Å². The van der Waals surface area contributed by atoms with E-state index in [0.29, 0.717) is 11.3 Å². The minimum Gasteiger partial charge on any atom is -0.385 e. The topological polar surface area (TPSA) is 68.5 Å². The summed E-state index contributed by atoms with van der Waals surface area (Å²) in [4.78, 5) is 18.1. The van der Waals surface area contributed by atoms with Crippen molar-refractivity contribution in [3.63, 3.8) is 0 Å². The van der Waals surface area contributed by atoms with Crippen LogP contribution in [-0.2, 0) is 4.94 Å². The van der Waals surface area contributed by atoms with E-state index < -0.39 is 5.97 Å². The number of carbonyl (C=O) groups excluding carboxylic acids is 1. The molecule has 84 valence electrons. The van der Waals surface area contributed by atoms with E-state index in [2.05, 4.69) is 20.3 Å². The molecule has 0 amide bonds. The van der Waals surface area contributed by atoms with E-state index in [1.165, 1.54) is 6.07 Å². The third-order valence-corrected chi connectivity index (χ3v) is 2.17. The maximum absolute atomic E-state index is 11.8. The van der Waals surface area contributed by atoms with Crippen LogP contribution in [0, 0.1) is 0 Å². The first kappa shape index (κ1) is 10.6. The van der Waals surface area contributed by atoms with Crippen molar-refractivity contribution in [2.45, 2.75) is 0 Å². The maximum atomic E-state index is 11.8. The number of hydrogen-bond donors (Lipinski definition) is 1. The lowest BCUT2D eigenvalue weighted by Gasteiger charge is -2.03. The zero-order valence-corrected chi connectivity index (χ0v) is 8.82. The van der Waals surface area contributed by atoms with Gasteiger partial charge in [-0.15, -0.1) is 0 Å². The first-order valence-corrected chi connectivity index (χ1v) is 4.60. The molecule has 1 N–H and O–H groups in total. The molecule has 0 radical (unpaired) electrons. The Morgan fingerprint density at radius 3 is 3.06 bits per heavy atom. The monoisotopic (exact) mass is 244 g/mol. The molecule has 0 aromatic carbocycles. The SMILES string of the molecule is CNc1cc(Cl)nn2c(C(=O)OF)cnc12. The fraction of sp³-hybridized carbons (Fsp3) is 0.125. The predicted molar refractivity (Wildman–Crippen MR) is 54.1 cm³/mol. The van der Waals surface area contributed by atoms with Gasteiger partial charge in [-0.2, -0.15) is 5.10 Å². The predicted octanol–water partition coefficient (Wildman–Crippen LogP) is 1.47. The minimum atomic E-state index is -1.18. The fourth-order valence-electron chi connectivity index (χ4n) is 1.30. The first-order chi connectivity index (χ1) is 7.67. The van der Waals surface area contributed by atoms with Crippen LogP contribution in [0.3, 0.4) is 0 Å². The van der Waals surface area contributed by atoms with Crippen LogP contribution in [-0.4, -0.2) is 27.6 Å². The molecule has 0 fully saturated rings. The van der Waals surface area contributed by atoms with Crippen molar-refractivity contribution in [2.24, 2.45) is 0 Å². The molecule has 0 atom stereocenters. The molecule has 0 aliphatic rings. The number of imidazole rings is 1. The van der Waals surface area contributed by atoms with Gasteiger partial charge in [0.05, 0.1) is 11.9 Å². The van der Waals surface area contributed by atoms with Gasteiger partial charge in [0.25, 0.3) is 0 Å². The van der Waals surface area contributed by atoms with Crippen LogP contribution in [0.4, 0.5) is 10.2 Å². The van der Waals surface area contributed by atoms with E-state index in [1.807, 2.05) is 0 Å². The van der Waals surface area contributed by atoms with Gasteiger partial charge < -0.3 is 5.32 Å². The van der Waals surface area contributed by atoms with Crippen LogP contribution in [0.1, 0.15) is 10.5 Å². The second-order valence-electron chi connectivity index (χ2n) is 2.87. The molecule has 0 aliphatic heterocycles. The number of fused-ring (bicyclic) bond motifs is 1. The maximum Gasteiger partial charge on any atom is 0.399 e. The third-order valence-electron chi connectivity index (χ3n) is 1.99. The summed E-state index contributed by atoms with van der Waals surface area (Å²) in [5.74, 6) is -1.18. The highest BCUT2D eigenvalue weighted by molar-refractivity contribution is 6.29. The molecule has 0 unspecified atom stereocenters. The smallest absolute Gasteiger partial charge is 0.385 e. The highest BCUT2D eigenvalue weighted by Crippen LogP contribution is 2.19. The van der Waals surface area contributed by atoms with Gasteiger partial charge in [0.1, 0.15) is 0 Å². The molecule has 0 saturated carbocycles. The van der Waals surface area contributed by atoms with Crippen molar-refractivity contribution in [3.8, 4) is 0 Å². The highest BCUT2D eigenvalue weighted by Gasteiger charge is 2.17. The van der Waals surface area contributed by atoms with E-state index in [0.717, 1.165) is 10.7 Å². The molecular weight excluding hydrogens is 239 g/mol. The van der Waals surface area contributed by atoms with Gasteiger partial charge in [-0.25, -0.2) is 19.2 Å². The van der Waals surface area contributed by atoms with Crippen LogP contribution >= 0.6 is 11.6 Å². The molecule has 16 heavy (non-hydrogen) atoms. The molecule has 8 heteroatoms. The summed E-state index contributed by atoms with van der Waals surface area (Å²) in [7, 11) is 1.66. The Hall–Kier alpha value is -1.89. The number of nitrogens with zero attached hydrogens (tertiary/aromatic N) is 3. The van der Waals surface area contributed by atoms with E-state index in [4.69, 9.17) is 11.6 Å². The molecule has 2 heterocycles. The highest BCUT2D eigenvalue weighted by atomic mass is 35.5. The summed E-state index contributed by atoms with van der Waals surface area (Å²) in [6, 6.07) is 1.54. The first-order valence-electron chi connectivity index (χ1n) is 4.22. The Kier molecular flexibility index (Phi) is 2.61. The molecule has 2 aromatic rings. The Labute approximate surface area is 93.9 Å². The molecule has 6 nitrogen and oxygen atoms in total. The van der Waals surface area contributed by atoms with Crippen molar-refractivity contribution >= 4 is 28.9 Å². The summed E-state index contributed by atoms with van der Waals surface area (Å²) in [5, 5.41) is 6.79. The lowest BCUT2D eigenvalue weighted by molar-refractivity contribution is -0.0795. The number of rotatable bonds is 2. The largest absolute Gasteiger partial charge is 0.399 e. The quantitative estimate of drug-likeness (QED) is 0.866. The number of anilines is 1. The summed E-state index contributed by atoms with van der Waals surface area (Å²) in [5.41, 5.74) is 0.779. The van der Waals surface area contributed by atoms with Gasteiger partial charge in [-0.3, -0.25) is 0 Å². The van der Waals surface area contributed by atoms with Crippen LogP contribution in [0.15, 0.2) is 12.3 Å². The van der Waals surface area contributed by atoms with Crippen LogP contribution in [0.5, 0.6) is 0 Å². The molecule has 0 bridgehead atoms. The number of halogens is 2. The minimum absolute atomic E-state index is 0.141. The average molecular weight is 245 g/mol. The van der Waals surface area contributed by atoms with E-state index in [1.54, 1.807) is 7.05 Å². The molecule has 0 spiro atoms. The fourth-order valence-corrected chi connectivity index (χ4v) is 1.49. The Balaban J connectivity index is 2.72.